The van der Waals surface area contributed by atoms with E-state index in [0.717, 1.165) is 0 Å². The third-order valence-electron chi connectivity index (χ3n) is 5.27. The standard InChI is InChI=1S/C20H34N6O7/c1-5-9(2)15(25-18(30)14(21)10(3)27)19(31)24-13(6-12-7-22-8-23-12)17(29)26-16(11(4)28)20(32)33/h7-11,13-16,27-28H,5-6,21H2,1-4H3,(H,22,23)(H,24,31)(H,25,30)(H,26,29)(H,32,33). The van der Waals surface area contributed by atoms with Gasteiger partial charge in [-0.25, -0.2) is 9.78 Å². The third kappa shape index (κ3) is 8.44. The summed E-state index contributed by atoms with van der Waals surface area (Å²) in [5.41, 5.74) is 6.14. The second-order valence-electron chi connectivity index (χ2n) is 8.05. The molecule has 0 bridgehead atoms. The van der Waals surface area contributed by atoms with Gasteiger partial charge in [-0.1, -0.05) is 20.3 Å². The van der Waals surface area contributed by atoms with Gasteiger partial charge in [0.1, 0.15) is 18.1 Å². The van der Waals surface area contributed by atoms with E-state index in [0.29, 0.717) is 12.1 Å². The lowest BCUT2D eigenvalue weighted by Gasteiger charge is -2.28. The van der Waals surface area contributed by atoms with Gasteiger partial charge in [0.05, 0.1) is 18.5 Å². The summed E-state index contributed by atoms with van der Waals surface area (Å²) in [4.78, 5) is 56.2. The molecule has 0 saturated carbocycles. The van der Waals surface area contributed by atoms with Gasteiger partial charge >= 0.3 is 5.97 Å². The Hall–Kier alpha value is -3.03. The highest BCUT2D eigenvalue weighted by molar-refractivity contribution is 5.94. The van der Waals surface area contributed by atoms with E-state index in [9.17, 15) is 34.5 Å². The monoisotopic (exact) mass is 470 g/mol. The summed E-state index contributed by atoms with van der Waals surface area (Å²) >= 11 is 0. The lowest BCUT2D eigenvalue weighted by molar-refractivity contribution is -0.145. The van der Waals surface area contributed by atoms with Crippen LogP contribution < -0.4 is 21.7 Å². The summed E-state index contributed by atoms with van der Waals surface area (Å²) in [6.07, 6.45) is 0.732. The topological polar surface area (TPSA) is 220 Å². The maximum Gasteiger partial charge on any atom is 0.328 e. The number of rotatable bonds is 13. The predicted molar refractivity (Wildman–Crippen MR) is 117 cm³/mol. The van der Waals surface area contributed by atoms with Crippen LogP contribution in [0.3, 0.4) is 0 Å². The Balaban J connectivity index is 3.10. The zero-order valence-electron chi connectivity index (χ0n) is 19.1. The lowest BCUT2D eigenvalue weighted by atomic mass is 9.97. The average Bonchev–Trinajstić information content (AvgIpc) is 3.26. The summed E-state index contributed by atoms with van der Waals surface area (Å²) in [6, 6.07) is -5.16. The molecule has 0 aromatic carbocycles. The average molecular weight is 471 g/mol. The minimum atomic E-state index is -1.59. The number of amides is 3. The van der Waals surface area contributed by atoms with Crippen LogP contribution in [0.5, 0.6) is 0 Å². The minimum Gasteiger partial charge on any atom is -0.480 e. The molecule has 13 heteroatoms. The van der Waals surface area contributed by atoms with Gasteiger partial charge in [0.25, 0.3) is 0 Å². The van der Waals surface area contributed by atoms with Crippen LogP contribution >= 0.6 is 0 Å². The van der Waals surface area contributed by atoms with Gasteiger partial charge < -0.3 is 42.0 Å². The largest absolute Gasteiger partial charge is 0.480 e. The molecule has 1 aromatic heterocycles. The van der Waals surface area contributed by atoms with Crippen LogP contribution in [0.2, 0.25) is 0 Å². The van der Waals surface area contributed by atoms with Gasteiger partial charge in [-0.2, -0.15) is 0 Å². The highest BCUT2D eigenvalue weighted by atomic mass is 16.4. The van der Waals surface area contributed by atoms with Gasteiger partial charge in [-0.15, -0.1) is 0 Å². The molecule has 0 aliphatic rings. The van der Waals surface area contributed by atoms with Crippen molar-refractivity contribution in [2.75, 3.05) is 0 Å². The number of nitrogens with one attached hydrogen (secondary N) is 4. The molecule has 7 atom stereocenters. The first-order chi connectivity index (χ1) is 15.4. The van der Waals surface area contributed by atoms with E-state index < -0.39 is 60.1 Å². The Morgan fingerprint density at radius 3 is 2.06 bits per heavy atom. The first-order valence-corrected chi connectivity index (χ1v) is 10.6. The number of aliphatic hydroxyl groups is 2. The molecular weight excluding hydrogens is 436 g/mol. The number of carboxylic acid groups (broad SMARTS) is 1. The highest BCUT2D eigenvalue weighted by Gasteiger charge is 2.34. The fourth-order valence-electron chi connectivity index (χ4n) is 2.90. The van der Waals surface area contributed by atoms with E-state index >= 15 is 0 Å². The number of aliphatic hydroxyl groups excluding tert-OH is 2. The molecule has 13 nitrogen and oxygen atoms in total. The van der Waals surface area contributed by atoms with Crippen molar-refractivity contribution in [1.82, 2.24) is 25.9 Å². The molecule has 1 rings (SSSR count). The number of hydrogen-bond acceptors (Lipinski definition) is 8. The molecule has 0 fully saturated rings. The number of carbonyl (C=O) groups is 4. The molecule has 0 aliphatic heterocycles. The van der Waals surface area contributed by atoms with Crippen LogP contribution in [0.1, 0.15) is 39.8 Å². The lowest BCUT2D eigenvalue weighted by Crippen LogP contribution is -2.60. The first-order valence-electron chi connectivity index (χ1n) is 10.6. The fraction of sp³-hybridized carbons (Fsp3) is 0.650. The summed E-state index contributed by atoms with van der Waals surface area (Å²) in [7, 11) is 0. The Morgan fingerprint density at radius 2 is 1.61 bits per heavy atom. The Labute approximate surface area is 191 Å². The first kappa shape index (κ1) is 28.0. The number of nitrogens with two attached hydrogens (primary N) is 1. The summed E-state index contributed by atoms with van der Waals surface area (Å²) in [6.45, 7) is 6.08. The van der Waals surface area contributed by atoms with E-state index in [-0.39, 0.29) is 12.3 Å². The number of carbonyl (C=O) groups excluding carboxylic acids is 3. The van der Waals surface area contributed by atoms with Crippen LogP contribution in [0, 0.1) is 5.92 Å². The third-order valence-corrected chi connectivity index (χ3v) is 5.27. The zero-order valence-corrected chi connectivity index (χ0v) is 19.1. The second-order valence-corrected chi connectivity index (χ2v) is 8.05. The van der Waals surface area contributed by atoms with E-state index in [1.807, 2.05) is 0 Å². The van der Waals surface area contributed by atoms with E-state index in [2.05, 4.69) is 25.9 Å². The molecule has 3 amide bonds. The minimum absolute atomic E-state index is 0.0575. The van der Waals surface area contributed by atoms with Gasteiger partial charge in [-0.3, -0.25) is 14.4 Å². The fourth-order valence-corrected chi connectivity index (χ4v) is 2.90. The van der Waals surface area contributed by atoms with Crippen molar-refractivity contribution >= 4 is 23.7 Å². The molecule has 1 aromatic rings. The number of hydrogen-bond donors (Lipinski definition) is 8. The summed E-state index contributed by atoms with van der Waals surface area (Å²) in [5.74, 6) is -4.07. The Morgan fingerprint density at radius 1 is 1.00 bits per heavy atom. The van der Waals surface area contributed by atoms with Crippen LogP contribution in [0.25, 0.3) is 0 Å². The molecule has 0 spiro atoms. The molecule has 0 aliphatic carbocycles. The number of aromatic nitrogens is 2. The zero-order chi connectivity index (χ0) is 25.3. The van der Waals surface area contributed by atoms with E-state index in [1.165, 1.54) is 26.4 Å². The van der Waals surface area contributed by atoms with Gasteiger partial charge in [-0.05, 0) is 19.8 Å². The van der Waals surface area contributed by atoms with Gasteiger partial charge in [0, 0.05) is 18.3 Å². The molecule has 33 heavy (non-hydrogen) atoms. The highest BCUT2D eigenvalue weighted by Crippen LogP contribution is 2.10. The number of H-pyrrole nitrogens is 1. The number of carboxylic acids is 1. The Bertz CT molecular complexity index is 799. The number of nitrogens with zero attached hydrogens (tertiary/aromatic N) is 1. The van der Waals surface area contributed by atoms with Gasteiger partial charge in [0.15, 0.2) is 6.04 Å². The number of aromatic amines is 1. The number of aliphatic carboxylic acids is 1. The molecular formula is C20H34N6O7. The van der Waals surface area contributed by atoms with E-state index in [1.54, 1.807) is 13.8 Å². The molecule has 7 unspecified atom stereocenters. The van der Waals surface area contributed by atoms with E-state index in [4.69, 9.17) is 5.73 Å². The molecule has 0 saturated heterocycles. The van der Waals surface area contributed by atoms with Crippen LogP contribution in [-0.4, -0.2) is 85.4 Å². The van der Waals surface area contributed by atoms with Crippen LogP contribution in [0.15, 0.2) is 12.5 Å². The van der Waals surface area contributed by atoms with Crippen molar-refractivity contribution in [3.63, 3.8) is 0 Å². The summed E-state index contributed by atoms with van der Waals surface area (Å²) in [5, 5.41) is 35.7. The smallest absolute Gasteiger partial charge is 0.328 e. The normalized spacial score (nSPS) is 17.5. The second kappa shape index (κ2) is 12.9. The van der Waals surface area contributed by atoms with Crippen molar-refractivity contribution in [2.45, 2.75) is 76.9 Å². The molecule has 9 N–H and O–H groups in total. The van der Waals surface area contributed by atoms with Crippen molar-refractivity contribution in [1.29, 1.82) is 0 Å². The van der Waals surface area contributed by atoms with Gasteiger partial charge in [0.2, 0.25) is 17.7 Å². The SMILES string of the molecule is CCC(C)C(NC(=O)C(N)C(C)O)C(=O)NC(Cc1cnc[nH]1)C(=O)NC(C(=O)O)C(C)O. The molecule has 1 heterocycles. The predicted octanol–water partition coefficient (Wildman–Crippen LogP) is -2.37. The van der Waals surface area contributed by atoms with Crippen molar-refractivity contribution in [3.05, 3.63) is 18.2 Å². The van der Waals surface area contributed by atoms with Crippen molar-refractivity contribution in [2.24, 2.45) is 11.7 Å². The Kier molecular flexibility index (Phi) is 10.9. The maximum atomic E-state index is 13.1. The van der Waals surface area contributed by atoms with Crippen molar-refractivity contribution in [3.8, 4) is 0 Å². The molecule has 0 radical (unpaired) electrons. The summed E-state index contributed by atoms with van der Waals surface area (Å²) < 4.78 is 0. The van der Waals surface area contributed by atoms with Crippen LogP contribution in [0.4, 0.5) is 0 Å². The number of imidazole rings is 1. The molecule has 186 valence electrons. The van der Waals surface area contributed by atoms with Crippen LogP contribution in [-0.2, 0) is 25.6 Å². The maximum absolute atomic E-state index is 13.1. The van der Waals surface area contributed by atoms with Crippen molar-refractivity contribution < 1.29 is 34.5 Å². The quantitative estimate of drug-likeness (QED) is 0.154.